The van der Waals surface area contributed by atoms with Crippen molar-refractivity contribution in [3.05, 3.63) is 18.2 Å². The van der Waals surface area contributed by atoms with Gasteiger partial charge in [0, 0.05) is 18.2 Å². The molecule has 1 aromatic carbocycles. The van der Waals surface area contributed by atoms with Crippen LogP contribution in [0.3, 0.4) is 0 Å². The summed E-state index contributed by atoms with van der Waals surface area (Å²) in [7, 11) is 1.52. The molecule has 4 nitrogen and oxygen atoms in total. The van der Waals surface area contributed by atoms with Crippen molar-refractivity contribution in [1.82, 2.24) is 0 Å². The predicted octanol–water partition coefficient (Wildman–Crippen LogP) is 2.57. The summed E-state index contributed by atoms with van der Waals surface area (Å²) >= 11 is 0. The Morgan fingerprint density at radius 2 is 1.76 bits per heavy atom. The minimum Gasteiger partial charge on any atom is -0.491 e. The molecule has 0 bridgehead atoms. The van der Waals surface area contributed by atoms with Gasteiger partial charge in [0.25, 0.3) is 0 Å². The molecule has 0 atom stereocenters. The van der Waals surface area contributed by atoms with Crippen LogP contribution in [0, 0.1) is 0 Å². The molecular formula is C16H24BNO3. The van der Waals surface area contributed by atoms with E-state index in [1.165, 1.54) is 0 Å². The Bertz CT molecular complexity index is 524. The largest absolute Gasteiger partial charge is 0.498 e. The highest BCUT2D eigenvalue weighted by molar-refractivity contribution is 6.63. The molecule has 1 saturated heterocycles. The first-order valence-electron chi connectivity index (χ1n) is 7.66. The number of anilines is 1. The van der Waals surface area contributed by atoms with E-state index in [4.69, 9.17) is 14.0 Å². The molecule has 114 valence electrons. The SMILES string of the molecule is CNc1ccc(OC2CC2)c(B2OC(C)(C)C(C)(C)O2)c1. The van der Waals surface area contributed by atoms with Gasteiger partial charge in [0.15, 0.2) is 0 Å². The van der Waals surface area contributed by atoms with Crippen LogP contribution in [0.2, 0.25) is 0 Å². The van der Waals surface area contributed by atoms with Crippen LogP contribution >= 0.6 is 0 Å². The summed E-state index contributed by atoms with van der Waals surface area (Å²) in [6, 6.07) is 6.08. The maximum atomic E-state index is 6.16. The fraction of sp³-hybridized carbons (Fsp3) is 0.625. The van der Waals surface area contributed by atoms with E-state index >= 15 is 0 Å². The highest BCUT2D eigenvalue weighted by atomic mass is 16.7. The molecule has 0 amide bonds. The van der Waals surface area contributed by atoms with Crippen LogP contribution in [0.4, 0.5) is 5.69 Å². The maximum Gasteiger partial charge on any atom is 0.498 e. The second kappa shape index (κ2) is 4.92. The molecule has 1 saturated carbocycles. The summed E-state index contributed by atoms with van der Waals surface area (Å²) in [5.74, 6) is 0.870. The van der Waals surface area contributed by atoms with E-state index in [-0.39, 0.29) is 11.2 Å². The first-order chi connectivity index (χ1) is 9.82. The second-order valence-electron chi connectivity index (χ2n) is 6.91. The number of nitrogens with one attached hydrogen (secondary N) is 1. The smallest absolute Gasteiger partial charge is 0.491 e. The molecule has 0 radical (unpaired) electrons. The molecule has 21 heavy (non-hydrogen) atoms. The normalized spacial score (nSPS) is 23.2. The fourth-order valence-electron chi connectivity index (χ4n) is 2.33. The van der Waals surface area contributed by atoms with E-state index in [2.05, 4.69) is 39.1 Å². The zero-order chi connectivity index (χ0) is 15.3. The van der Waals surface area contributed by atoms with Crippen molar-refractivity contribution in [2.75, 3.05) is 12.4 Å². The molecule has 2 aliphatic rings. The van der Waals surface area contributed by atoms with Crippen LogP contribution in [0.25, 0.3) is 0 Å². The molecule has 3 rings (SSSR count). The molecule has 1 aliphatic carbocycles. The van der Waals surface area contributed by atoms with E-state index < -0.39 is 7.12 Å². The minimum atomic E-state index is -0.392. The van der Waals surface area contributed by atoms with Crippen LogP contribution in [-0.2, 0) is 9.31 Å². The maximum absolute atomic E-state index is 6.16. The standard InChI is InChI=1S/C16H24BNO3/c1-15(2)16(3,4)21-17(20-15)13-10-11(18-5)6-9-14(13)19-12-7-8-12/h6,9-10,12,18H,7-8H2,1-5H3. The van der Waals surface area contributed by atoms with Crippen molar-refractivity contribution < 1.29 is 14.0 Å². The van der Waals surface area contributed by atoms with Gasteiger partial charge in [0.05, 0.1) is 17.3 Å². The Labute approximate surface area is 127 Å². The second-order valence-corrected chi connectivity index (χ2v) is 6.91. The van der Waals surface area contributed by atoms with Gasteiger partial charge < -0.3 is 19.4 Å². The number of hydrogen-bond acceptors (Lipinski definition) is 4. The number of rotatable bonds is 4. The molecule has 0 aromatic heterocycles. The quantitative estimate of drug-likeness (QED) is 0.865. The average Bonchev–Trinajstić information content (AvgIpc) is 3.18. The molecule has 2 fully saturated rings. The van der Waals surface area contributed by atoms with Gasteiger partial charge in [0.1, 0.15) is 5.75 Å². The van der Waals surface area contributed by atoms with Gasteiger partial charge in [-0.2, -0.15) is 0 Å². The fourth-order valence-corrected chi connectivity index (χ4v) is 2.33. The number of ether oxygens (including phenoxy) is 1. The van der Waals surface area contributed by atoms with Crippen LogP contribution in [0.1, 0.15) is 40.5 Å². The molecule has 1 aliphatic heterocycles. The van der Waals surface area contributed by atoms with E-state index in [0.717, 1.165) is 29.7 Å². The molecule has 5 heteroatoms. The molecule has 1 N–H and O–H groups in total. The Hall–Kier alpha value is -1.20. The van der Waals surface area contributed by atoms with Gasteiger partial charge >= 0.3 is 7.12 Å². The van der Waals surface area contributed by atoms with Crippen molar-refractivity contribution in [2.24, 2.45) is 0 Å². The van der Waals surface area contributed by atoms with Crippen molar-refractivity contribution in [3.63, 3.8) is 0 Å². The molecule has 1 heterocycles. The van der Waals surface area contributed by atoms with Gasteiger partial charge in [-0.25, -0.2) is 0 Å². The summed E-state index contributed by atoms with van der Waals surface area (Å²) in [6.45, 7) is 8.26. The Morgan fingerprint density at radius 3 is 2.29 bits per heavy atom. The third kappa shape index (κ3) is 2.77. The van der Waals surface area contributed by atoms with Gasteiger partial charge in [-0.15, -0.1) is 0 Å². The lowest BCUT2D eigenvalue weighted by Gasteiger charge is -2.32. The summed E-state index contributed by atoms with van der Waals surface area (Å²) in [5, 5.41) is 3.16. The van der Waals surface area contributed by atoms with Crippen LogP contribution in [0.5, 0.6) is 5.75 Å². The van der Waals surface area contributed by atoms with Crippen molar-refractivity contribution in [3.8, 4) is 5.75 Å². The van der Waals surface area contributed by atoms with Crippen LogP contribution < -0.4 is 15.5 Å². The summed E-state index contributed by atoms with van der Waals surface area (Å²) in [6.07, 6.45) is 2.62. The lowest BCUT2D eigenvalue weighted by atomic mass is 9.78. The third-order valence-electron chi connectivity index (χ3n) is 4.62. The zero-order valence-corrected chi connectivity index (χ0v) is 13.5. The topological polar surface area (TPSA) is 39.7 Å². The average molecular weight is 289 g/mol. The predicted molar refractivity (Wildman–Crippen MR) is 85.4 cm³/mol. The first-order valence-corrected chi connectivity index (χ1v) is 7.66. The monoisotopic (exact) mass is 289 g/mol. The molecular weight excluding hydrogens is 265 g/mol. The van der Waals surface area contributed by atoms with E-state index in [1.807, 2.05) is 19.2 Å². The van der Waals surface area contributed by atoms with Gasteiger partial charge in [-0.3, -0.25) is 0 Å². The minimum absolute atomic E-state index is 0.343. The van der Waals surface area contributed by atoms with Gasteiger partial charge in [-0.05, 0) is 58.7 Å². The van der Waals surface area contributed by atoms with Crippen LogP contribution in [-0.4, -0.2) is 31.5 Å². The summed E-state index contributed by atoms with van der Waals surface area (Å²) in [5.41, 5.74) is 1.31. The van der Waals surface area contributed by atoms with E-state index in [0.29, 0.717) is 6.10 Å². The first kappa shape index (κ1) is 14.7. The molecule has 0 spiro atoms. The van der Waals surface area contributed by atoms with Crippen molar-refractivity contribution >= 4 is 18.3 Å². The molecule has 0 unspecified atom stereocenters. The highest BCUT2D eigenvalue weighted by Gasteiger charge is 2.52. The number of hydrogen-bond donors (Lipinski definition) is 1. The highest BCUT2D eigenvalue weighted by Crippen LogP contribution is 2.38. The summed E-state index contributed by atoms with van der Waals surface area (Å²) in [4.78, 5) is 0. The summed E-state index contributed by atoms with van der Waals surface area (Å²) < 4.78 is 18.3. The number of benzene rings is 1. The molecule has 1 aromatic rings. The lowest BCUT2D eigenvalue weighted by molar-refractivity contribution is 0.00578. The Kier molecular flexibility index (Phi) is 3.45. The van der Waals surface area contributed by atoms with Gasteiger partial charge in [-0.1, -0.05) is 0 Å². The Morgan fingerprint density at radius 1 is 1.14 bits per heavy atom. The lowest BCUT2D eigenvalue weighted by Crippen LogP contribution is -2.41. The van der Waals surface area contributed by atoms with Crippen LogP contribution in [0.15, 0.2) is 18.2 Å². The van der Waals surface area contributed by atoms with E-state index in [9.17, 15) is 0 Å². The zero-order valence-electron chi connectivity index (χ0n) is 13.5. The Balaban J connectivity index is 1.92. The van der Waals surface area contributed by atoms with Gasteiger partial charge in [0.2, 0.25) is 0 Å². The van der Waals surface area contributed by atoms with E-state index in [1.54, 1.807) is 0 Å². The van der Waals surface area contributed by atoms with Crippen molar-refractivity contribution in [1.29, 1.82) is 0 Å². The third-order valence-corrected chi connectivity index (χ3v) is 4.62. The van der Waals surface area contributed by atoms with Crippen molar-refractivity contribution in [2.45, 2.75) is 57.8 Å².